The predicted molar refractivity (Wildman–Crippen MR) is 103 cm³/mol. The molecule has 3 aromatic rings. The van der Waals surface area contributed by atoms with E-state index < -0.39 is 27.8 Å². The van der Waals surface area contributed by atoms with Crippen molar-refractivity contribution in [2.75, 3.05) is 4.72 Å². The maximum Gasteiger partial charge on any atom is 0.262 e. The summed E-state index contributed by atoms with van der Waals surface area (Å²) in [7, 11) is -4.06. The zero-order valence-electron chi connectivity index (χ0n) is 15.3. The fourth-order valence-corrected chi connectivity index (χ4v) is 3.70. The largest absolute Gasteiger partial charge is 0.464 e. The Kier molecular flexibility index (Phi) is 5.51. The fraction of sp³-hybridized carbons (Fsp3) is 0.150. The summed E-state index contributed by atoms with van der Waals surface area (Å²) < 4.78 is 46.5. The summed E-state index contributed by atoms with van der Waals surface area (Å²) >= 11 is 0. The van der Waals surface area contributed by atoms with Crippen molar-refractivity contribution in [2.24, 2.45) is 0 Å². The molecule has 1 unspecified atom stereocenters. The molecule has 0 aliphatic heterocycles. The van der Waals surface area contributed by atoms with Gasteiger partial charge in [-0.05, 0) is 56.3 Å². The van der Waals surface area contributed by atoms with Crippen molar-refractivity contribution < 1.29 is 22.0 Å². The Bertz CT molecular complexity index is 1110. The molecule has 0 spiro atoms. The van der Waals surface area contributed by atoms with E-state index in [9.17, 15) is 17.6 Å². The average Bonchev–Trinajstić information content (AvgIpc) is 3.10. The first-order valence-corrected chi connectivity index (χ1v) is 9.99. The van der Waals surface area contributed by atoms with Gasteiger partial charge in [-0.1, -0.05) is 18.2 Å². The summed E-state index contributed by atoms with van der Waals surface area (Å²) in [6, 6.07) is 14.1. The van der Waals surface area contributed by atoms with Crippen LogP contribution < -0.4 is 10.0 Å². The third-order valence-electron chi connectivity index (χ3n) is 4.06. The third kappa shape index (κ3) is 4.40. The highest BCUT2D eigenvalue weighted by atomic mass is 32.2. The van der Waals surface area contributed by atoms with Crippen molar-refractivity contribution in [3.8, 4) is 0 Å². The van der Waals surface area contributed by atoms with Gasteiger partial charge in [0, 0.05) is 5.56 Å². The Morgan fingerprint density at radius 2 is 1.82 bits per heavy atom. The fourth-order valence-electron chi connectivity index (χ4n) is 2.59. The zero-order valence-corrected chi connectivity index (χ0v) is 16.1. The SMILES string of the molecule is Cc1ccc(C(C)NC(=O)c2cccc(S(=O)(=O)Nc3ccccc3F)c2)o1. The van der Waals surface area contributed by atoms with Crippen LogP contribution in [0.25, 0.3) is 0 Å². The molecule has 28 heavy (non-hydrogen) atoms. The first-order chi connectivity index (χ1) is 13.3. The van der Waals surface area contributed by atoms with Gasteiger partial charge in [0.25, 0.3) is 15.9 Å². The molecule has 2 aromatic carbocycles. The van der Waals surface area contributed by atoms with Gasteiger partial charge in [0.15, 0.2) is 0 Å². The first-order valence-electron chi connectivity index (χ1n) is 8.51. The molecular formula is C20H19FN2O4S. The number of sulfonamides is 1. The lowest BCUT2D eigenvalue weighted by atomic mass is 10.2. The Hall–Kier alpha value is -3.13. The van der Waals surface area contributed by atoms with Crippen molar-refractivity contribution in [3.63, 3.8) is 0 Å². The molecule has 3 rings (SSSR count). The van der Waals surface area contributed by atoms with E-state index in [1.165, 1.54) is 42.5 Å². The minimum absolute atomic E-state index is 0.148. The molecule has 0 bridgehead atoms. The monoisotopic (exact) mass is 402 g/mol. The molecule has 1 aromatic heterocycles. The highest BCUT2D eigenvalue weighted by Gasteiger charge is 2.19. The van der Waals surface area contributed by atoms with Gasteiger partial charge < -0.3 is 9.73 Å². The highest BCUT2D eigenvalue weighted by Crippen LogP contribution is 2.20. The number of carbonyl (C=O) groups excluding carboxylic acids is 1. The summed E-state index contributed by atoms with van der Waals surface area (Å²) in [5.74, 6) is 0.172. The van der Waals surface area contributed by atoms with E-state index in [1.807, 2.05) is 0 Å². The van der Waals surface area contributed by atoms with E-state index >= 15 is 0 Å². The summed E-state index contributed by atoms with van der Waals surface area (Å²) in [5.41, 5.74) is -0.00861. The number of aryl methyl sites for hydroxylation is 1. The molecule has 1 amide bonds. The topological polar surface area (TPSA) is 88.4 Å². The summed E-state index contributed by atoms with van der Waals surface area (Å²) in [6.45, 7) is 3.56. The molecule has 1 atom stereocenters. The van der Waals surface area contributed by atoms with Crippen molar-refractivity contribution >= 4 is 21.6 Å². The van der Waals surface area contributed by atoms with Crippen LogP contribution in [-0.4, -0.2) is 14.3 Å². The number of benzene rings is 2. The second kappa shape index (κ2) is 7.85. The summed E-state index contributed by atoms with van der Waals surface area (Å²) in [6.07, 6.45) is 0. The van der Waals surface area contributed by atoms with Gasteiger partial charge in [0.2, 0.25) is 0 Å². The van der Waals surface area contributed by atoms with Crippen molar-refractivity contribution in [1.29, 1.82) is 0 Å². The quantitative estimate of drug-likeness (QED) is 0.652. The molecule has 8 heteroatoms. The molecule has 6 nitrogen and oxygen atoms in total. The minimum atomic E-state index is -4.06. The number of carbonyl (C=O) groups is 1. The molecule has 0 saturated heterocycles. The molecular weight excluding hydrogens is 383 g/mol. The molecule has 1 heterocycles. The molecule has 0 aliphatic rings. The van der Waals surface area contributed by atoms with E-state index in [1.54, 1.807) is 26.0 Å². The standard InChI is InChI=1S/C20H19FN2O4S/c1-13-10-11-19(27-13)14(2)22-20(24)15-6-5-7-16(12-15)28(25,26)23-18-9-4-3-8-17(18)21/h3-12,14,23H,1-2H3,(H,22,24). The number of nitrogens with one attached hydrogen (secondary N) is 2. The number of halogens is 1. The number of furan rings is 1. The van der Waals surface area contributed by atoms with Gasteiger partial charge >= 0.3 is 0 Å². The Balaban J connectivity index is 1.79. The van der Waals surface area contributed by atoms with E-state index in [4.69, 9.17) is 4.42 Å². The molecule has 0 aliphatic carbocycles. The Morgan fingerprint density at radius 1 is 1.07 bits per heavy atom. The number of hydrogen-bond acceptors (Lipinski definition) is 4. The number of hydrogen-bond donors (Lipinski definition) is 2. The lowest BCUT2D eigenvalue weighted by Crippen LogP contribution is -2.26. The Morgan fingerprint density at radius 3 is 2.50 bits per heavy atom. The van der Waals surface area contributed by atoms with E-state index in [0.717, 1.165) is 11.8 Å². The lowest BCUT2D eigenvalue weighted by molar-refractivity contribution is 0.0935. The summed E-state index contributed by atoms with van der Waals surface area (Å²) in [5, 5.41) is 2.76. The number of anilines is 1. The minimum Gasteiger partial charge on any atom is -0.464 e. The van der Waals surface area contributed by atoms with Gasteiger partial charge in [-0.15, -0.1) is 0 Å². The predicted octanol–water partition coefficient (Wildman–Crippen LogP) is 4.02. The van der Waals surface area contributed by atoms with Crippen LogP contribution in [0.15, 0.2) is 70.0 Å². The number of amides is 1. The van der Waals surface area contributed by atoms with Crippen molar-refractivity contribution in [1.82, 2.24) is 5.32 Å². The van der Waals surface area contributed by atoms with Crippen LogP contribution in [-0.2, 0) is 10.0 Å². The van der Waals surface area contributed by atoms with Crippen LogP contribution in [0.1, 0.15) is 34.8 Å². The second-order valence-corrected chi connectivity index (χ2v) is 7.94. The Labute approximate surface area is 162 Å². The van der Waals surface area contributed by atoms with Crippen LogP contribution in [0.3, 0.4) is 0 Å². The zero-order chi connectivity index (χ0) is 20.3. The van der Waals surface area contributed by atoms with E-state index in [0.29, 0.717) is 5.76 Å². The lowest BCUT2D eigenvalue weighted by Gasteiger charge is -2.13. The van der Waals surface area contributed by atoms with Crippen molar-refractivity contribution in [3.05, 3.63) is 83.6 Å². The summed E-state index contributed by atoms with van der Waals surface area (Å²) in [4.78, 5) is 12.4. The number of rotatable bonds is 6. The maximum absolute atomic E-state index is 13.7. The molecule has 0 saturated carbocycles. The van der Waals surface area contributed by atoms with Gasteiger partial charge in [0.05, 0.1) is 16.6 Å². The smallest absolute Gasteiger partial charge is 0.262 e. The van der Waals surface area contributed by atoms with Crippen LogP contribution >= 0.6 is 0 Å². The van der Waals surface area contributed by atoms with Gasteiger partial charge in [-0.25, -0.2) is 12.8 Å². The second-order valence-electron chi connectivity index (χ2n) is 6.26. The number of para-hydroxylation sites is 1. The van der Waals surface area contributed by atoms with Crippen LogP contribution in [0.5, 0.6) is 0 Å². The van der Waals surface area contributed by atoms with E-state index in [2.05, 4.69) is 10.0 Å². The highest BCUT2D eigenvalue weighted by molar-refractivity contribution is 7.92. The van der Waals surface area contributed by atoms with Crippen molar-refractivity contribution in [2.45, 2.75) is 24.8 Å². The molecule has 0 fully saturated rings. The first kappa shape index (κ1) is 19.6. The van der Waals surface area contributed by atoms with Crippen LogP contribution in [0.4, 0.5) is 10.1 Å². The third-order valence-corrected chi connectivity index (χ3v) is 5.42. The van der Waals surface area contributed by atoms with Crippen LogP contribution in [0.2, 0.25) is 0 Å². The van der Waals surface area contributed by atoms with E-state index in [-0.39, 0.29) is 16.1 Å². The molecule has 2 N–H and O–H groups in total. The van der Waals surface area contributed by atoms with Crippen LogP contribution in [0, 0.1) is 12.7 Å². The van der Waals surface area contributed by atoms with Gasteiger partial charge in [-0.3, -0.25) is 9.52 Å². The average molecular weight is 402 g/mol. The van der Waals surface area contributed by atoms with Gasteiger partial charge in [0.1, 0.15) is 17.3 Å². The molecule has 146 valence electrons. The normalized spacial score (nSPS) is 12.4. The maximum atomic E-state index is 13.7. The van der Waals surface area contributed by atoms with Gasteiger partial charge in [-0.2, -0.15) is 0 Å². The molecule has 0 radical (unpaired) electrons.